The van der Waals surface area contributed by atoms with E-state index < -0.39 is 22.0 Å². The normalized spacial score (nSPS) is 16.3. The molecule has 2 N–H and O–H groups in total. The Morgan fingerprint density at radius 3 is 2.42 bits per heavy atom. The molecule has 7 nitrogen and oxygen atoms in total. The molecule has 0 aliphatic carbocycles. The molecule has 2 aromatic rings. The van der Waals surface area contributed by atoms with Crippen LogP contribution in [0.25, 0.3) is 0 Å². The van der Waals surface area contributed by atoms with Crippen molar-refractivity contribution in [3.63, 3.8) is 0 Å². The third-order valence-corrected chi connectivity index (χ3v) is 6.22. The average molecular weight is 375 g/mol. The van der Waals surface area contributed by atoms with Crippen molar-refractivity contribution in [1.29, 1.82) is 0 Å². The van der Waals surface area contributed by atoms with Crippen molar-refractivity contribution >= 4 is 21.8 Å². The fourth-order valence-electron chi connectivity index (χ4n) is 2.92. The maximum absolute atomic E-state index is 12.5. The molecule has 1 saturated heterocycles. The molecule has 0 amide bonds. The molecule has 1 aromatic carbocycles. The van der Waals surface area contributed by atoms with Crippen molar-refractivity contribution in [2.45, 2.75) is 30.2 Å². The first-order chi connectivity index (χ1) is 12.5. The summed E-state index contributed by atoms with van der Waals surface area (Å²) in [6.45, 7) is 1.06. The van der Waals surface area contributed by atoms with Gasteiger partial charge in [-0.3, -0.25) is 0 Å². The van der Waals surface area contributed by atoms with Gasteiger partial charge in [-0.1, -0.05) is 30.3 Å². The lowest BCUT2D eigenvalue weighted by Crippen LogP contribution is -2.32. The van der Waals surface area contributed by atoms with E-state index in [0.29, 0.717) is 25.3 Å². The van der Waals surface area contributed by atoms with Crippen molar-refractivity contribution in [3.05, 3.63) is 54.2 Å². The summed E-state index contributed by atoms with van der Waals surface area (Å²) in [4.78, 5) is 15.7. The number of rotatable bonds is 7. The van der Waals surface area contributed by atoms with E-state index in [1.165, 1.54) is 22.6 Å². The number of carboxylic acid groups (broad SMARTS) is 1. The quantitative estimate of drug-likeness (QED) is 0.768. The van der Waals surface area contributed by atoms with Crippen LogP contribution in [-0.4, -0.2) is 47.9 Å². The first-order valence-corrected chi connectivity index (χ1v) is 9.90. The number of aromatic nitrogens is 1. The van der Waals surface area contributed by atoms with E-state index >= 15 is 0 Å². The third kappa shape index (κ3) is 4.20. The number of hydrogen-bond donors (Lipinski definition) is 2. The summed E-state index contributed by atoms with van der Waals surface area (Å²) in [5.74, 6) is -0.668. The summed E-state index contributed by atoms with van der Waals surface area (Å²) < 4.78 is 26.4. The third-order valence-electron chi connectivity index (χ3n) is 4.34. The molecular weight excluding hydrogens is 354 g/mol. The molecule has 26 heavy (non-hydrogen) atoms. The van der Waals surface area contributed by atoms with Gasteiger partial charge in [0, 0.05) is 25.7 Å². The van der Waals surface area contributed by atoms with Gasteiger partial charge in [-0.15, -0.1) is 0 Å². The minimum absolute atomic E-state index is 0.125. The Labute approximate surface area is 152 Å². The van der Waals surface area contributed by atoms with Gasteiger partial charge in [-0.2, -0.15) is 4.31 Å². The number of hydrogen-bond acceptors (Lipinski definition) is 5. The molecule has 3 rings (SSSR count). The number of carbonyl (C=O) groups is 1. The first kappa shape index (κ1) is 18.3. The van der Waals surface area contributed by atoms with E-state index in [2.05, 4.69) is 10.3 Å². The van der Waals surface area contributed by atoms with Crippen molar-refractivity contribution in [3.8, 4) is 0 Å². The van der Waals surface area contributed by atoms with Gasteiger partial charge >= 0.3 is 5.97 Å². The summed E-state index contributed by atoms with van der Waals surface area (Å²) in [7, 11) is -3.52. The van der Waals surface area contributed by atoms with Crippen LogP contribution in [0.4, 0.5) is 5.82 Å². The Hall–Kier alpha value is -2.45. The highest BCUT2D eigenvalue weighted by molar-refractivity contribution is 7.89. The molecule has 0 saturated carbocycles. The Morgan fingerprint density at radius 1 is 1.15 bits per heavy atom. The summed E-state index contributed by atoms with van der Waals surface area (Å²) in [5, 5.41) is 12.3. The fourth-order valence-corrected chi connectivity index (χ4v) is 4.39. The van der Waals surface area contributed by atoms with Gasteiger partial charge in [0.05, 0.1) is 0 Å². The van der Waals surface area contributed by atoms with E-state index in [1.54, 1.807) is 0 Å². The second-order valence-electron chi connectivity index (χ2n) is 6.22. The molecule has 0 spiro atoms. The van der Waals surface area contributed by atoms with Gasteiger partial charge < -0.3 is 10.4 Å². The first-order valence-electron chi connectivity index (χ1n) is 8.46. The Kier molecular flexibility index (Phi) is 5.53. The van der Waals surface area contributed by atoms with Crippen LogP contribution >= 0.6 is 0 Å². The molecule has 0 bridgehead atoms. The predicted molar refractivity (Wildman–Crippen MR) is 97.4 cm³/mol. The Morgan fingerprint density at radius 2 is 1.85 bits per heavy atom. The lowest BCUT2D eigenvalue weighted by molar-refractivity contribution is -0.137. The largest absolute Gasteiger partial charge is 0.480 e. The summed E-state index contributed by atoms with van der Waals surface area (Å²) >= 11 is 0. The summed E-state index contributed by atoms with van der Waals surface area (Å²) in [5.41, 5.74) is 0.889. The molecule has 0 radical (unpaired) electrons. The lowest BCUT2D eigenvalue weighted by atomic mass is 10.1. The Bertz CT molecular complexity index is 848. The average Bonchev–Trinajstić information content (AvgIpc) is 3.18. The van der Waals surface area contributed by atoms with E-state index in [1.807, 2.05) is 30.3 Å². The number of nitrogens with zero attached hydrogens (tertiary/aromatic N) is 2. The second-order valence-corrected chi connectivity index (χ2v) is 8.15. The van der Waals surface area contributed by atoms with Crippen LogP contribution in [0.3, 0.4) is 0 Å². The van der Waals surface area contributed by atoms with Crippen LogP contribution in [0.15, 0.2) is 53.6 Å². The van der Waals surface area contributed by atoms with Crippen LogP contribution in [0.5, 0.6) is 0 Å². The zero-order chi connectivity index (χ0) is 18.6. The van der Waals surface area contributed by atoms with Crippen LogP contribution in [-0.2, 0) is 21.2 Å². The van der Waals surface area contributed by atoms with Crippen LogP contribution in [0.2, 0.25) is 0 Å². The molecule has 0 unspecified atom stereocenters. The zero-order valence-electron chi connectivity index (χ0n) is 14.2. The lowest BCUT2D eigenvalue weighted by Gasteiger charge is -2.17. The highest BCUT2D eigenvalue weighted by Gasteiger charge is 2.27. The molecule has 1 atom stereocenters. The van der Waals surface area contributed by atoms with Crippen molar-refractivity contribution < 1.29 is 18.3 Å². The van der Waals surface area contributed by atoms with Crippen molar-refractivity contribution in [1.82, 2.24) is 9.29 Å². The van der Waals surface area contributed by atoms with Gasteiger partial charge in [-0.25, -0.2) is 18.2 Å². The molecule has 138 valence electrons. The summed E-state index contributed by atoms with van der Waals surface area (Å²) in [6, 6.07) is 11.4. The van der Waals surface area contributed by atoms with Gasteiger partial charge in [-0.05, 0) is 30.5 Å². The van der Waals surface area contributed by atoms with E-state index in [0.717, 1.165) is 18.4 Å². The standard InChI is InChI=1S/C18H21N3O4S/c22-18(23)16(12-14-6-2-1-3-7-14)20-17-9-8-15(13-19-17)26(24,25)21-10-4-5-11-21/h1-3,6-9,13,16H,4-5,10-12H2,(H,19,20)(H,22,23)/t16-/m0/s1. The smallest absolute Gasteiger partial charge is 0.326 e. The molecule has 2 heterocycles. The number of aliphatic carboxylic acids is 1. The van der Waals surface area contributed by atoms with Crippen LogP contribution in [0.1, 0.15) is 18.4 Å². The number of pyridine rings is 1. The zero-order valence-corrected chi connectivity index (χ0v) is 15.0. The maximum Gasteiger partial charge on any atom is 0.326 e. The molecule has 1 aliphatic heterocycles. The van der Waals surface area contributed by atoms with E-state index in [4.69, 9.17) is 0 Å². The van der Waals surface area contributed by atoms with Crippen molar-refractivity contribution in [2.75, 3.05) is 18.4 Å². The minimum atomic E-state index is -3.52. The minimum Gasteiger partial charge on any atom is -0.480 e. The van der Waals surface area contributed by atoms with Crippen LogP contribution < -0.4 is 5.32 Å². The number of sulfonamides is 1. The number of benzene rings is 1. The van der Waals surface area contributed by atoms with E-state index in [-0.39, 0.29) is 4.90 Å². The number of carboxylic acids is 1. The van der Waals surface area contributed by atoms with E-state index in [9.17, 15) is 18.3 Å². The van der Waals surface area contributed by atoms with Crippen molar-refractivity contribution in [2.24, 2.45) is 0 Å². The molecule has 1 fully saturated rings. The van der Waals surface area contributed by atoms with Crippen LogP contribution in [0, 0.1) is 0 Å². The van der Waals surface area contributed by atoms with Gasteiger partial charge in [0.2, 0.25) is 10.0 Å². The molecule has 1 aliphatic rings. The Balaban J connectivity index is 1.72. The molecular formula is C18H21N3O4S. The van der Waals surface area contributed by atoms with Gasteiger partial charge in [0.25, 0.3) is 0 Å². The summed E-state index contributed by atoms with van der Waals surface area (Å²) in [6.07, 6.45) is 3.31. The highest BCUT2D eigenvalue weighted by Crippen LogP contribution is 2.21. The SMILES string of the molecule is O=C(O)[C@H](Cc1ccccc1)Nc1ccc(S(=O)(=O)N2CCCC2)cn1. The molecule has 8 heteroatoms. The number of nitrogens with one attached hydrogen (secondary N) is 1. The van der Waals surface area contributed by atoms with Gasteiger partial charge in [0.1, 0.15) is 16.8 Å². The maximum atomic E-state index is 12.5. The predicted octanol–water partition coefficient (Wildman–Crippen LogP) is 1.97. The highest BCUT2D eigenvalue weighted by atomic mass is 32.2. The molecule has 1 aromatic heterocycles. The fraction of sp³-hybridized carbons (Fsp3) is 0.333. The second kappa shape index (κ2) is 7.84. The van der Waals surface area contributed by atoms with Gasteiger partial charge in [0.15, 0.2) is 0 Å². The topological polar surface area (TPSA) is 99.6 Å². The monoisotopic (exact) mass is 375 g/mol. The number of anilines is 1.